The zero-order valence-corrected chi connectivity index (χ0v) is 21.0. The van der Waals surface area contributed by atoms with Crippen LogP contribution in [0.15, 0.2) is 24.3 Å². The number of aliphatic carboxylic acids is 1. The van der Waals surface area contributed by atoms with Crippen LogP contribution in [0.25, 0.3) is 0 Å². The van der Waals surface area contributed by atoms with E-state index in [-0.39, 0.29) is 17.3 Å². The van der Waals surface area contributed by atoms with Gasteiger partial charge in [0, 0.05) is 45.8 Å². The fraction of sp³-hybridized carbons (Fsp3) is 0.583. The molecule has 1 aromatic carbocycles. The highest BCUT2D eigenvalue weighted by atomic mass is 19.4. The van der Waals surface area contributed by atoms with E-state index in [4.69, 9.17) is 14.6 Å². The number of carboxylic acids is 1. The Morgan fingerprint density at radius 3 is 2.18 bits per heavy atom. The van der Waals surface area contributed by atoms with E-state index in [1.54, 1.807) is 0 Å². The molecule has 0 radical (unpaired) electrons. The van der Waals surface area contributed by atoms with E-state index in [0.29, 0.717) is 32.1 Å². The number of hydrogen-bond donors (Lipinski definition) is 1. The fourth-order valence-corrected chi connectivity index (χ4v) is 5.09. The van der Waals surface area contributed by atoms with Gasteiger partial charge in [0.1, 0.15) is 5.82 Å². The van der Waals surface area contributed by atoms with Crippen molar-refractivity contribution in [3.05, 3.63) is 47.3 Å². The molecule has 1 N–H and O–H groups in total. The van der Waals surface area contributed by atoms with Crippen LogP contribution in [0, 0.1) is 5.82 Å². The van der Waals surface area contributed by atoms with Gasteiger partial charge in [-0.15, -0.1) is 10.2 Å². The number of ether oxygens (including phenoxy) is 1. The first kappa shape index (κ1) is 27.9. The molecule has 2 aromatic rings. The molecule has 10 nitrogen and oxygen atoms in total. The van der Waals surface area contributed by atoms with Crippen LogP contribution in [-0.4, -0.2) is 106 Å². The van der Waals surface area contributed by atoms with Gasteiger partial charge in [-0.1, -0.05) is 12.1 Å². The van der Waals surface area contributed by atoms with Crippen molar-refractivity contribution in [3.8, 4) is 0 Å². The molecule has 3 aliphatic heterocycles. The maximum Gasteiger partial charge on any atom is 0.490 e. The topological polar surface area (TPSA) is 104 Å². The molecule has 0 bridgehead atoms. The highest BCUT2D eigenvalue weighted by Crippen LogP contribution is 2.40. The van der Waals surface area contributed by atoms with Crippen LogP contribution >= 0.6 is 0 Å². The maximum atomic E-state index is 13.2. The Labute approximate surface area is 216 Å². The Bertz CT molecular complexity index is 1130. The van der Waals surface area contributed by atoms with Crippen LogP contribution < -0.4 is 0 Å². The monoisotopic (exact) mass is 542 g/mol. The van der Waals surface area contributed by atoms with E-state index < -0.39 is 12.1 Å². The lowest BCUT2D eigenvalue weighted by Crippen LogP contribution is -2.56. The summed E-state index contributed by atoms with van der Waals surface area (Å²) in [5, 5.41) is 16.0. The van der Waals surface area contributed by atoms with Crippen molar-refractivity contribution in [2.45, 2.75) is 37.6 Å². The van der Waals surface area contributed by atoms with Crippen molar-refractivity contribution in [2.75, 3.05) is 53.0 Å². The largest absolute Gasteiger partial charge is 0.490 e. The predicted octanol–water partition coefficient (Wildman–Crippen LogP) is 1.96. The molecule has 3 aliphatic rings. The number of amides is 1. The molecule has 2 fully saturated rings. The summed E-state index contributed by atoms with van der Waals surface area (Å²) in [4.78, 5) is 28.6. The number of halogens is 4. The zero-order chi connectivity index (χ0) is 27.5. The molecule has 1 aromatic heterocycles. The molecule has 1 amide bonds. The number of likely N-dealkylation sites (N-methyl/N-ethyl adjacent to an activating group) is 1. The Morgan fingerprint density at radius 2 is 1.61 bits per heavy atom. The Morgan fingerprint density at radius 1 is 1.00 bits per heavy atom. The molecule has 14 heteroatoms. The standard InChI is InChI=1S/C22H29FN6O2.C2HF3O2/c1-26-10-11-29-19(20(30)28-12-14-31-15-13-28)24-25-21(29)22(26)6-8-27(9-7-22)16-17-2-4-18(23)5-3-17;3-2(4,5)1(6)7/h2-5H,6-16H2,1H3;(H,6,7). The number of hydrogen-bond acceptors (Lipinski definition) is 7. The minimum atomic E-state index is -5.08. The first-order chi connectivity index (χ1) is 18.0. The van der Waals surface area contributed by atoms with E-state index >= 15 is 0 Å². The third kappa shape index (κ3) is 5.97. The summed E-state index contributed by atoms with van der Waals surface area (Å²) in [6.45, 7) is 6.59. The van der Waals surface area contributed by atoms with Crippen molar-refractivity contribution in [1.82, 2.24) is 29.5 Å². The maximum absolute atomic E-state index is 13.2. The van der Waals surface area contributed by atoms with Gasteiger partial charge in [-0.2, -0.15) is 13.2 Å². The summed E-state index contributed by atoms with van der Waals surface area (Å²) < 4.78 is 52.4. The van der Waals surface area contributed by atoms with Gasteiger partial charge in [0.05, 0.1) is 18.8 Å². The minimum Gasteiger partial charge on any atom is -0.475 e. The zero-order valence-electron chi connectivity index (χ0n) is 21.0. The van der Waals surface area contributed by atoms with Crippen molar-refractivity contribution in [3.63, 3.8) is 0 Å². The van der Waals surface area contributed by atoms with E-state index in [0.717, 1.165) is 57.0 Å². The van der Waals surface area contributed by atoms with E-state index in [9.17, 15) is 22.4 Å². The number of fused-ring (bicyclic) bond motifs is 2. The Balaban J connectivity index is 0.000000426. The van der Waals surface area contributed by atoms with Gasteiger partial charge >= 0.3 is 12.1 Å². The second-order valence-corrected chi connectivity index (χ2v) is 9.56. The molecule has 38 heavy (non-hydrogen) atoms. The molecular weight excluding hydrogens is 512 g/mol. The Kier molecular flexibility index (Phi) is 8.33. The molecule has 0 aliphatic carbocycles. The van der Waals surface area contributed by atoms with Crippen LogP contribution in [0.2, 0.25) is 0 Å². The molecule has 5 rings (SSSR count). The summed E-state index contributed by atoms with van der Waals surface area (Å²) >= 11 is 0. The number of piperidine rings is 1. The van der Waals surface area contributed by atoms with E-state index in [1.165, 1.54) is 12.1 Å². The van der Waals surface area contributed by atoms with Crippen LogP contribution in [-0.2, 0) is 28.2 Å². The van der Waals surface area contributed by atoms with Gasteiger partial charge in [-0.3, -0.25) is 14.6 Å². The van der Waals surface area contributed by atoms with Crippen LogP contribution in [0.1, 0.15) is 34.8 Å². The quantitative estimate of drug-likeness (QED) is 0.588. The minimum absolute atomic E-state index is 0.0458. The number of carbonyl (C=O) groups is 2. The highest BCUT2D eigenvalue weighted by Gasteiger charge is 2.47. The van der Waals surface area contributed by atoms with Gasteiger partial charge in [0.15, 0.2) is 5.82 Å². The number of alkyl halides is 3. The van der Waals surface area contributed by atoms with Gasteiger partial charge in [-0.25, -0.2) is 9.18 Å². The second kappa shape index (κ2) is 11.3. The molecule has 1 spiro atoms. The lowest BCUT2D eigenvalue weighted by Gasteiger charge is -2.49. The second-order valence-electron chi connectivity index (χ2n) is 9.56. The number of morpholine rings is 1. The summed E-state index contributed by atoms with van der Waals surface area (Å²) in [6.07, 6.45) is -3.23. The summed E-state index contributed by atoms with van der Waals surface area (Å²) in [6, 6.07) is 6.75. The third-order valence-corrected chi connectivity index (χ3v) is 7.29. The van der Waals surface area contributed by atoms with Crippen molar-refractivity contribution >= 4 is 11.9 Å². The van der Waals surface area contributed by atoms with Crippen LogP contribution in [0.4, 0.5) is 17.6 Å². The summed E-state index contributed by atoms with van der Waals surface area (Å²) in [5.41, 5.74) is 0.921. The fourth-order valence-electron chi connectivity index (χ4n) is 5.09. The lowest BCUT2D eigenvalue weighted by atomic mass is 9.83. The molecule has 4 heterocycles. The number of benzene rings is 1. The number of carboxylic acid groups (broad SMARTS) is 1. The number of rotatable bonds is 3. The number of likely N-dealkylation sites (tertiary alicyclic amines) is 1. The smallest absolute Gasteiger partial charge is 0.475 e. The van der Waals surface area contributed by atoms with Crippen molar-refractivity contribution < 1.29 is 37.0 Å². The normalized spacial score (nSPS) is 20.0. The first-order valence-corrected chi connectivity index (χ1v) is 12.3. The summed E-state index contributed by atoms with van der Waals surface area (Å²) in [7, 11) is 2.15. The molecule has 0 saturated carbocycles. The highest BCUT2D eigenvalue weighted by molar-refractivity contribution is 5.90. The average Bonchev–Trinajstić information content (AvgIpc) is 3.34. The first-order valence-electron chi connectivity index (χ1n) is 12.3. The van der Waals surface area contributed by atoms with E-state index in [1.807, 2.05) is 21.6 Å². The number of nitrogens with zero attached hydrogens (tertiary/aromatic N) is 6. The lowest BCUT2D eigenvalue weighted by molar-refractivity contribution is -0.192. The molecular formula is C24H30F4N6O4. The number of carbonyl (C=O) groups excluding carboxylic acids is 1. The van der Waals surface area contributed by atoms with Gasteiger partial charge in [0.25, 0.3) is 5.91 Å². The van der Waals surface area contributed by atoms with Crippen molar-refractivity contribution in [1.29, 1.82) is 0 Å². The van der Waals surface area contributed by atoms with Gasteiger partial charge in [-0.05, 0) is 37.6 Å². The predicted molar refractivity (Wildman–Crippen MR) is 126 cm³/mol. The van der Waals surface area contributed by atoms with E-state index in [2.05, 4.69) is 27.0 Å². The van der Waals surface area contributed by atoms with Crippen molar-refractivity contribution in [2.24, 2.45) is 0 Å². The molecule has 0 atom stereocenters. The van der Waals surface area contributed by atoms with Crippen LogP contribution in [0.3, 0.4) is 0 Å². The summed E-state index contributed by atoms with van der Waals surface area (Å²) in [5.74, 6) is -1.63. The van der Waals surface area contributed by atoms with Gasteiger partial charge < -0.3 is 19.3 Å². The third-order valence-electron chi connectivity index (χ3n) is 7.29. The number of aromatic nitrogens is 3. The molecule has 208 valence electrons. The average molecular weight is 543 g/mol. The van der Waals surface area contributed by atoms with Gasteiger partial charge in [0.2, 0.25) is 5.82 Å². The Hall–Kier alpha value is -3.10. The SMILES string of the molecule is CN1CCn2c(C(=O)N3CCOCC3)nnc2C12CCN(Cc1ccc(F)cc1)CC2.O=C(O)C(F)(F)F. The molecule has 2 saturated heterocycles. The molecule has 0 unspecified atom stereocenters. The van der Waals surface area contributed by atoms with Crippen LogP contribution in [0.5, 0.6) is 0 Å².